The van der Waals surface area contributed by atoms with Gasteiger partial charge in [-0.3, -0.25) is 4.79 Å². The minimum absolute atomic E-state index is 0.0991. The Morgan fingerprint density at radius 2 is 1.86 bits per heavy atom. The van der Waals surface area contributed by atoms with Crippen LogP contribution in [-0.4, -0.2) is 22.7 Å². The Bertz CT molecular complexity index is 709. The number of nitrogens with one attached hydrogen (secondary N) is 1. The first kappa shape index (κ1) is 14.3. The zero-order valence-corrected chi connectivity index (χ0v) is 12.2. The molecule has 0 fully saturated rings. The van der Waals surface area contributed by atoms with Crippen LogP contribution in [0, 0.1) is 0 Å². The second-order valence-electron chi connectivity index (χ2n) is 5.46. The van der Waals surface area contributed by atoms with Crippen molar-refractivity contribution in [1.29, 1.82) is 0 Å². The third-order valence-corrected chi connectivity index (χ3v) is 3.77. The van der Waals surface area contributed by atoms with Gasteiger partial charge in [0, 0.05) is 24.6 Å². The number of amides is 1. The summed E-state index contributed by atoms with van der Waals surface area (Å²) < 4.78 is 5.68. The molecule has 0 aromatic heterocycles. The summed E-state index contributed by atoms with van der Waals surface area (Å²) in [6.45, 7) is 1.98. The summed E-state index contributed by atoms with van der Waals surface area (Å²) in [4.78, 5) is 11.0. The summed E-state index contributed by atoms with van der Waals surface area (Å²) in [5, 5.41) is 21.8. The van der Waals surface area contributed by atoms with E-state index in [2.05, 4.69) is 5.32 Å². The number of hydrogen-bond acceptors (Lipinski definition) is 4. The number of phenols is 2. The predicted molar refractivity (Wildman–Crippen MR) is 82.5 cm³/mol. The van der Waals surface area contributed by atoms with Gasteiger partial charge in [-0.1, -0.05) is 12.1 Å². The first-order valence-electron chi connectivity index (χ1n) is 7.08. The van der Waals surface area contributed by atoms with E-state index >= 15 is 0 Å². The molecule has 1 amide bonds. The van der Waals surface area contributed by atoms with Crippen molar-refractivity contribution in [3.05, 3.63) is 47.5 Å². The van der Waals surface area contributed by atoms with Gasteiger partial charge in [-0.05, 0) is 35.7 Å². The molecule has 0 saturated heterocycles. The molecular formula is C17H17NO4. The lowest BCUT2D eigenvalue weighted by Crippen LogP contribution is -2.19. The molecule has 3 rings (SSSR count). The Morgan fingerprint density at radius 3 is 2.55 bits per heavy atom. The van der Waals surface area contributed by atoms with Gasteiger partial charge in [0.05, 0.1) is 6.61 Å². The van der Waals surface area contributed by atoms with E-state index in [0.29, 0.717) is 12.4 Å². The number of aromatic hydroxyl groups is 2. The maximum atomic E-state index is 11.0. The molecule has 1 atom stereocenters. The van der Waals surface area contributed by atoms with Crippen molar-refractivity contribution in [3.8, 4) is 17.2 Å². The van der Waals surface area contributed by atoms with E-state index in [1.165, 1.54) is 13.0 Å². The fourth-order valence-electron chi connectivity index (χ4n) is 2.67. The van der Waals surface area contributed by atoms with Crippen LogP contribution in [0.1, 0.15) is 24.0 Å². The van der Waals surface area contributed by atoms with E-state index in [1.807, 2.05) is 24.3 Å². The van der Waals surface area contributed by atoms with Gasteiger partial charge in [-0.2, -0.15) is 0 Å². The van der Waals surface area contributed by atoms with E-state index in [1.54, 1.807) is 6.07 Å². The highest BCUT2D eigenvalue weighted by Gasteiger charge is 2.23. The third-order valence-electron chi connectivity index (χ3n) is 3.77. The van der Waals surface area contributed by atoms with E-state index in [-0.39, 0.29) is 23.3 Å². The summed E-state index contributed by atoms with van der Waals surface area (Å²) in [5.74, 6) is 0.378. The van der Waals surface area contributed by atoms with Crippen LogP contribution in [0.4, 0.5) is 5.69 Å². The lowest BCUT2D eigenvalue weighted by Gasteiger charge is -2.26. The smallest absolute Gasteiger partial charge is 0.221 e. The van der Waals surface area contributed by atoms with Gasteiger partial charge in [0.2, 0.25) is 5.91 Å². The van der Waals surface area contributed by atoms with Crippen molar-refractivity contribution in [2.45, 2.75) is 19.3 Å². The molecule has 0 aliphatic carbocycles. The molecule has 1 unspecified atom stereocenters. The van der Waals surface area contributed by atoms with Crippen molar-refractivity contribution in [2.75, 3.05) is 11.9 Å². The number of benzene rings is 2. The summed E-state index contributed by atoms with van der Waals surface area (Å²) in [6.07, 6.45) is 0.725. The normalized spacial score (nSPS) is 16.5. The van der Waals surface area contributed by atoms with Crippen LogP contribution >= 0.6 is 0 Å². The molecule has 5 nitrogen and oxygen atoms in total. The lowest BCUT2D eigenvalue weighted by atomic mass is 9.90. The molecule has 0 radical (unpaired) electrons. The molecule has 0 saturated carbocycles. The van der Waals surface area contributed by atoms with Crippen LogP contribution in [-0.2, 0) is 11.2 Å². The fourth-order valence-corrected chi connectivity index (χ4v) is 2.67. The van der Waals surface area contributed by atoms with Crippen molar-refractivity contribution >= 4 is 11.6 Å². The molecule has 1 aliphatic heterocycles. The minimum Gasteiger partial charge on any atom is -0.504 e. The largest absolute Gasteiger partial charge is 0.504 e. The monoisotopic (exact) mass is 299 g/mol. The van der Waals surface area contributed by atoms with E-state index < -0.39 is 0 Å². The van der Waals surface area contributed by atoms with Crippen LogP contribution < -0.4 is 10.1 Å². The van der Waals surface area contributed by atoms with Crippen LogP contribution in [0.25, 0.3) is 0 Å². The number of hydrogen-bond donors (Lipinski definition) is 3. The highest BCUT2D eigenvalue weighted by atomic mass is 16.5. The molecule has 114 valence electrons. The van der Waals surface area contributed by atoms with Crippen molar-refractivity contribution in [3.63, 3.8) is 0 Å². The molecule has 1 heterocycles. The van der Waals surface area contributed by atoms with E-state index in [9.17, 15) is 15.0 Å². The van der Waals surface area contributed by atoms with Gasteiger partial charge in [0.15, 0.2) is 11.5 Å². The molecule has 0 bridgehead atoms. The first-order chi connectivity index (χ1) is 10.5. The van der Waals surface area contributed by atoms with Crippen LogP contribution in [0.15, 0.2) is 36.4 Å². The fraction of sp³-hybridized carbons (Fsp3) is 0.235. The number of phenolic OH excluding ortho intramolecular Hbond substituents is 2. The third kappa shape index (κ3) is 2.83. The first-order valence-corrected chi connectivity index (χ1v) is 7.08. The Morgan fingerprint density at radius 1 is 1.18 bits per heavy atom. The van der Waals surface area contributed by atoms with Crippen molar-refractivity contribution in [2.24, 2.45) is 0 Å². The number of rotatable bonds is 2. The van der Waals surface area contributed by atoms with Crippen LogP contribution in [0.5, 0.6) is 17.2 Å². The summed E-state index contributed by atoms with van der Waals surface area (Å²) in [5.41, 5.74) is 2.74. The van der Waals surface area contributed by atoms with Gasteiger partial charge in [-0.15, -0.1) is 0 Å². The molecule has 22 heavy (non-hydrogen) atoms. The predicted octanol–water partition coefficient (Wildman–Crippen LogP) is 2.77. The molecule has 3 N–H and O–H groups in total. The van der Waals surface area contributed by atoms with Crippen LogP contribution in [0.3, 0.4) is 0 Å². The standard InChI is InChI=1S/C17H17NO4/c1-10(19)18-14-4-2-11(3-5-14)13-6-12-7-15(20)16(21)8-17(12)22-9-13/h2-5,7-8,13,20-21H,6,9H2,1H3,(H,18,19). The summed E-state index contributed by atoms with van der Waals surface area (Å²) in [6, 6.07) is 10.6. The minimum atomic E-state index is -0.170. The van der Waals surface area contributed by atoms with Gasteiger partial charge in [-0.25, -0.2) is 0 Å². The summed E-state index contributed by atoms with van der Waals surface area (Å²) >= 11 is 0. The molecule has 2 aromatic carbocycles. The van der Waals surface area contributed by atoms with Gasteiger partial charge in [0.25, 0.3) is 0 Å². The Hall–Kier alpha value is -2.69. The number of anilines is 1. The number of carbonyl (C=O) groups excluding carboxylic acids is 1. The van der Waals surface area contributed by atoms with Gasteiger partial charge in [0.1, 0.15) is 5.75 Å². The second-order valence-corrected chi connectivity index (χ2v) is 5.46. The highest BCUT2D eigenvalue weighted by Crippen LogP contribution is 2.39. The number of carbonyl (C=O) groups is 1. The zero-order chi connectivity index (χ0) is 15.7. The topological polar surface area (TPSA) is 78.8 Å². The Kier molecular flexibility index (Phi) is 3.63. The molecule has 0 spiro atoms. The molecule has 5 heteroatoms. The highest BCUT2D eigenvalue weighted by molar-refractivity contribution is 5.88. The number of ether oxygens (including phenoxy) is 1. The number of fused-ring (bicyclic) bond motifs is 1. The SMILES string of the molecule is CC(=O)Nc1ccc(C2COc3cc(O)c(O)cc3C2)cc1. The lowest BCUT2D eigenvalue weighted by molar-refractivity contribution is -0.114. The Balaban J connectivity index is 1.79. The molecule has 1 aliphatic rings. The van der Waals surface area contributed by atoms with E-state index in [0.717, 1.165) is 23.2 Å². The molecule has 2 aromatic rings. The maximum Gasteiger partial charge on any atom is 0.221 e. The van der Waals surface area contributed by atoms with E-state index in [4.69, 9.17) is 4.74 Å². The average Bonchev–Trinajstić information content (AvgIpc) is 2.48. The Labute approximate surface area is 128 Å². The van der Waals surface area contributed by atoms with Gasteiger partial charge >= 0.3 is 0 Å². The quantitative estimate of drug-likeness (QED) is 0.745. The van der Waals surface area contributed by atoms with Crippen LogP contribution in [0.2, 0.25) is 0 Å². The zero-order valence-electron chi connectivity index (χ0n) is 12.2. The van der Waals surface area contributed by atoms with Gasteiger partial charge < -0.3 is 20.3 Å². The summed E-state index contributed by atoms with van der Waals surface area (Å²) in [7, 11) is 0. The maximum absolute atomic E-state index is 11.0. The van der Waals surface area contributed by atoms with Crippen molar-refractivity contribution < 1.29 is 19.7 Å². The second kappa shape index (κ2) is 5.60. The molecular weight excluding hydrogens is 282 g/mol. The van der Waals surface area contributed by atoms with Crippen molar-refractivity contribution in [1.82, 2.24) is 0 Å². The average molecular weight is 299 g/mol.